The lowest BCUT2D eigenvalue weighted by molar-refractivity contribution is -0.116. The Kier molecular flexibility index (Phi) is 6.62. The number of nitrogens with one attached hydrogen (secondary N) is 2. The SMILES string of the molecule is CC(=O)Nc1ccc(-c2csc(NC(=O)CCSc3ccccc3)n2)cc1. The molecule has 0 aliphatic heterocycles. The maximum Gasteiger partial charge on any atom is 0.226 e. The van der Waals surface area contributed by atoms with E-state index in [9.17, 15) is 9.59 Å². The van der Waals surface area contributed by atoms with Gasteiger partial charge in [-0.15, -0.1) is 23.1 Å². The molecule has 1 aromatic heterocycles. The number of anilines is 2. The Balaban J connectivity index is 1.51. The molecular formula is C20H19N3O2S2. The molecule has 7 heteroatoms. The minimum Gasteiger partial charge on any atom is -0.326 e. The van der Waals surface area contributed by atoms with Gasteiger partial charge in [0, 0.05) is 40.6 Å². The molecule has 0 saturated heterocycles. The van der Waals surface area contributed by atoms with Gasteiger partial charge in [-0.2, -0.15) is 0 Å². The minimum absolute atomic E-state index is 0.0414. The number of hydrogen-bond acceptors (Lipinski definition) is 5. The smallest absolute Gasteiger partial charge is 0.226 e. The highest BCUT2D eigenvalue weighted by molar-refractivity contribution is 7.99. The summed E-state index contributed by atoms with van der Waals surface area (Å²) in [5.41, 5.74) is 2.47. The number of amides is 2. The van der Waals surface area contributed by atoms with E-state index >= 15 is 0 Å². The molecule has 2 aromatic carbocycles. The minimum atomic E-state index is -0.105. The maximum absolute atomic E-state index is 12.1. The molecule has 3 rings (SSSR count). The summed E-state index contributed by atoms with van der Waals surface area (Å²) >= 11 is 3.06. The normalized spacial score (nSPS) is 10.4. The second kappa shape index (κ2) is 9.34. The van der Waals surface area contributed by atoms with Gasteiger partial charge in [-0.3, -0.25) is 9.59 Å². The number of carbonyl (C=O) groups is 2. The van der Waals surface area contributed by atoms with Crippen LogP contribution in [0.2, 0.25) is 0 Å². The van der Waals surface area contributed by atoms with Gasteiger partial charge in [0.25, 0.3) is 0 Å². The van der Waals surface area contributed by atoms with Crippen LogP contribution in [-0.4, -0.2) is 22.6 Å². The molecule has 0 radical (unpaired) electrons. The molecule has 2 amide bonds. The van der Waals surface area contributed by atoms with Crippen LogP contribution in [0, 0.1) is 0 Å². The van der Waals surface area contributed by atoms with Gasteiger partial charge in [0.05, 0.1) is 5.69 Å². The van der Waals surface area contributed by atoms with Crippen LogP contribution in [0.1, 0.15) is 13.3 Å². The largest absolute Gasteiger partial charge is 0.326 e. The first-order valence-electron chi connectivity index (χ1n) is 8.41. The predicted octanol–water partition coefficient (Wildman–Crippen LogP) is 4.89. The summed E-state index contributed by atoms with van der Waals surface area (Å²) in [5, 5.41) is 8.08. The molecule has 0 spiro atoms. The Labute approximate surface area is 166 Å². The number of hydrogen-bond donors (Lipinski definition) is 2. The molecule has 0 unspecified atom stereocenters. The third-order valence-electron chi connectivity index (χ3n) is 3.59. The van der Waals surface area contributed by atoms with Crippen molar-refractivity contribution in [1.29, 1.82) is 0 Å². The number of carbonyl (C=O) groups excluding carboxylic acids is 2. The van der Waals surface area contributed by atoms with Crippen LogP contribution >= 0.6 is 23.1 Å². The highest BCUT2D eigenvalue weighted by atomic mass is 32.2. The number of thioether (sulfide) groups is 1. The Bertz CT molecular complexity index is 908. The fourth-order valence-electron chi connectivity index (χ4n) is 2.35. The van der Waals surface area contributed by atoms with Crippen LogP contribution in [0.3, 0.4) is 0 Å². The summed E-state index contributed by atoms with van der Waals surface area (Å²) in [6.07, 6.45) is 0.430. The van der Waals surface area contributed by atoms with Crippen molar-refractivity contribution in [2.24, 2.45) is 0 Å². The summed E-state index contributed by atoms with van der Waals surface area (Å²) in [6, 6.07) is 17.5. The van der Waals surface area contributed by atoms with E-state index in [1.807, 2.05) is 60.0 Å². The molecule has 138 valence electrons. The second-order valence-electron chi connectivity index (χ2n) is 5.76. The molecule has 0 saturated carbocycles. The van der Waals surface area contributed by atoms with Crippen molar-refractivity contribution in [3.63, 3.8) is 0 Å². The van der Waals surface area contributed by atoms with Gasteiger partial charge in [0.15, 0.2) is 5.13 Å². The molecule has 0 aliphatic carbocycles. The molecule has 27 heavy (non-hydrogen) atoms. The van der Waals surface area contributed by atoms with Gasteiger partial charge in [0.1, 0.15) is 0 Å². The first-order valence-corrected chi connectivity index (χ1v) is 10.3. The van der Waals surface area contributed by atoms with Crippen LogP contribution in [0.4, 0.5) is 10.8 Å². The summed E-state index contributed by atoms with van der Waals surface area (Å²) in [4.78, 5) is 28.8. The lowest BCUT2D eigenvalue weighted by Crippen LogP contribution is -2.11. The van der Waals surface area contributed by atoms with E-state index in [2.05, 4.69) is 15.6 Å². The van der Waals surface area contributed by atoms with E-state index in [0.29, 0.717) is 11.6 Å². The summed E-state index contributed by atoms with van der Waals surface area (Å²) in [6.45, 7) is 1.47. The number of aromatic nitrogens is 1. The second-order valence-corrected chi connectivity index (χ2v) is 7.78. The van der Waals surface area contributed by atoms with E-state index in [-0.39, 0.29) is 11.8 Å². The van der Waals surface area contributed by atoms with Crippen molar-refractivity contribution in [3.8, 4) is 11.3 Å². The maximum atomic E-state index is 12.1. The first kappa shape index (κ1) is 19.1. The Morgan fingerprint density at radius 3 is 2.48 bits per heavy atom. The Morgan fingerprint density at radius 2 is 1.78 bits per heavy atom. The number of benzene rings is 2. The summed E-state index contributed by atoms with van der Waals surface area (Å²) in [5.74, 6) is 0.575. The Hall–Kier alpha value is -2.64. The molecule has 5 nitrogen and oxygen atoms in total. The lowest BCUT2D eigenvalue weighted by Gasteiger charge is -2.03. The zero-order chi connectivity index (χ0) is 19.1. The zero-order valence-corrected chi connectivity index (χ0v) is 16.4. The van der Waals surface area contributed by atoms with Gasteiger partial charge >= 0.3 is 0 Å². The topological polar surface area (TPSA) is 71.1 Å². The molecule has 0 bridgehead atoms. The monoisotopic (exact) mass is 397 g/mol. The molecular weight excluding hydrogens is 378 g/mol. The van der Waals surface area contributed by atoms with E-state index < -0.39 is 0 Å². The molecule has 0 fully saturated rings. The molecule has 0 atom stereocenters. The van der Waals surface area contributed by atoms with Gasteiger partial charge in [-0.05, 0) is 24.3 Å². The van der Waals surface area contributed by atoms with Gasteiger partial charge in [-0.25, -0.2) is 4.98 Å². The number of nitrogens with zero attached hydrogens (tertiary/aromatic N) is 1. The van der Waals surface area contributed by atoms with Crippen LogP contribution < -0.4 is 10.6 Å². The third-order valence-corrected chi connectivity index (χ3v) is 5.36. The van der Waals surface area contributed by atoms with Crippen molar-refractivity contribution in [1.82, 2.24) is 4.98 Å². The molecule has 0 aliphatic rings. The van der Waals surface area contributed by atoms with Crippen LogP contribution in [0.5, 0.6) is 0 Å². The van der Waals surface area contributed by atoms with Crippen molar-refractivity contribution in [2.75, 3.05) is 16.4 Å². The van der Waals surface area contributed by atoms with Gasteiger partial charge in [-0.1, -0.05) is 30.3 Å². The van der Waals surface area contributed by atoms with E-state index in [1.54, 1.807) is 11.8 Å². The van der Waals surface area contributed by atoms with E-state index in [0.717, 1.165) is 27.6 Å². The van der Waals surface area contributed by atoms with Crippen molar-refractivity contribution in [3.05, 3.63) is 60.0 Å². The van der Waals surface area contributed by atoms with Crippen molar-refractivity contribution >= 4 is 45.7 Å². The molecule has 1 heterocycles. The number of thiazole rings is 1. The molecule has 2 N–H and O–H groups in total. The zero-order valence-electron chi connectivity index (χ0n) is 14.8. The van der Waals surface area contributed by atoms with Gasteiger partial charge < -0.3 is 10.6 Å². The van der Waals surface area contributed by atoms with Crippen LogP contribution in [0.25, 0.3) is 11.3 Å². The third kappa shape index (κ3) is 5.94. The highest BCUT2D eigenvalue weighted by Crippen LogP contribution is 2.26. The highest BCUT2D eigenvalue weighted by Gasteiger charge is 2.08. The standard InChI is InChI=1S/C20H19N3O2S2/c1-14(24)21-16-9-7-15(8-10-16)18-13-27-20(22-18)23-19(25)11-12-26-17-5-3-2-4-6-17/h2-10,13H,11-12H2,1H3,(H,21,24)(H,22,23,25). The summed E-state index contributed by atoms with van der Waals surface area (Å²) < 4.78 is 0. The Morgan fingerprint density at radius 1 is 1.04 bits per heavy atom. The van der Waals surface area contributed by atoms with Crippen molar-refractivity contribution in [2.45, 2.75) is 18.2 Å². The number of rotatable bonds is 7. The van der Waals surface area contributed by atoms with Gasteiger partial charge in [0.2, 0.25) is 11.8 Å². The van der Waals surface area contributed by atoms with E-state index in [1.165, 1.54) is 18.3 Å². The molecule has 3 aromatic rings. The average Bonchev–Trinajstić information content (AvgIpc) is 3.11. The predicted molar refractivity (Wildman–Crippen MR) is 112 cm³/mol. The summed E-state index contributed by atoms with van der Waals surface area (Å²) in [7, 11) is 0. The quantitative estimate of drug-likeness (QED) is 0.557. The van der Waals surface area contributed by atoms with Crippen LogP contribution in [0.15, 0.2) is 64.9 Å². The fraction of sp³-hybridized carbons (Fsp3) is 0.150. The van der Waals surface area contributed by atoms with E-state index in [4.69, 9.17) is 0 Å². The van der Waals surface area contributed by atoms with Crippen molar-refractivity contribution < 1.29 is 9.59 Å². The average molecular weight is 398 g/mol. The lowest BCUT2D eigenvalue weighted by atomic mass is 10.1. The fourth-order valence-corrected chi connectivity index (χ4v) is 3.96. The first-order chi connectivity index (χ1) is 13.1. The van der Waals surface area contributed by atoms with Crippen LogP contribution in [-0.2, 0) is 9.59 Å².